The van der Waals surface area contributed by atoms with Crippen LogP contribution in [0.5, 0.6) is 5.75 Å². The summed E-state index contributed by atoms with van der Waals surface area (Å²) in [6.45, 7) is 18.7. The van der Waals surface area contributed by atoms with E-state index in [0.29, 0.717) is 49.8 Å². The number of methoxy groups -OCH3 is 2. The molecule has 0 N–H and O–H groups in total. The second kappa shape index (κ2) is 14.8. The zero-order valence-corrected chi connectivity index (χ0v) is 34.8. The number of benzene rings is 2. The molecule has 0 spiro atoms. The van der Waals surface area contributed by atoms with Gasteiger partial charge in [0.15, 0.2) is 12.6 Å². The first-order chi connectivity index (χ1) is 25.9. The number of likely N-dealkylation sites (tertiary alicyclic amines) is 1. The van der Waals surface area contributed by atoms with Crippen molar-refractivity contribution in [3.63, 3.8) is 0 Å². The minimum Gasteiger partial charge on any atom is -0.468 e. The maximum Gasteiger partial charge on any atom is 0.411 e. The Morgan fingerprint density at radius 3 is 2.31 bits per heavy atom. The molecule has 2 aromatic heterocycles. The Bertz CT molecular complexity index is 2200. The fourth-order valence-electron chi connectivity index (χ4n) is 9.13. The van der Waals surface area contributed by atoms with E-state index in [1.165, 1.54) is 29.9 Å². The fourth-order valence-corrected chi connectivity index (χ4v) is 14.3. The van der Waals surface area contributed by atoms with Crippen molar-refractivity contribution >= 4 is 41.8 Å². The Kier molecular flexibility index (Phi) is 10.8. The summed E-state index contributed by atoms with van der Waals surface area (Å²) in [6, 6.07) is 5.57. The summed E-state index contributed by atoms with van der Waals surface area (Å²) in [5.41, 5.74) is 5.14. The molecule has 1 saturated carbocycles. The van der Waals surface area contributed by atoms with Gasteiger partial charge in [-0.15, -0.1) is 5.54 Å². The van der Waals surface area contributed by atoms with E-state index in [9.17, 15) is 9.59 Å². The van der Waals surface area contributed by atoms with Gasteiger partial charge in [-0.1, -0.05) is 53.5 Å². The lowest BCUT2D eigenvalue weighted by Crippen LogP contribution is -2.46. The highest BCUT2D eigenvalue weighted by Gasteiger charge is 2.67. The van der Waals surface area contributed by atoms with Crippen molar-refractivity contribution in [1.29, 1.82) is 0 Å². The van der Waals surface area contributed by atoms with E-state index in [2.05, 4.69) is 53.0 Å². The molecule has 2 fully saturated rings. The second-order valence-corrected chi connectivity index (χ2v) is 22.3. The van der Waals surface area contributed by atoms with E-state index in [1.807, 2.05) is 0 Å². The molecule has 1 aliphatic heterocycles. The molecule has 0 radical (unpaired) electrons. The Hall–Kier alpha value is -4.54. The number of amides is 1. The molecular weight excluding hydrogens is 723 g/mol. The van der Waals surface area contributed by atoms with Crippen molar-refractivity contribution in [3.05, 3.63) is 53.4 Å². The van der Waals surface area contributed by atoms with Crippen LogP contribution >= 0.6 is 0 Å². The molecule has 0 bridgehead atoms. The third-order valence-electron chi connectivity index (χ3n) is 11.5. The number of ether oxygens (including phenoxy) is 4. The summed E-state index contributed by atoms with van der Waals surface area (Å²) < 4.78 is 56.4. The predicted octanol–water partition coefficient (Wildman–Crippen LogP) is 8.74. The van der Waals surface area contributed by atoms with Crippen LogP contribution < -0.4 is 4.74 Å². The van der Waals surface area contributed by atoms with Gasteiger partial charge in [0.1, 0.15) is 42.5 Å². The van der Waals surface area contributed by atoms with Gasteiger partial charge in [0.05, 0.1) is 18.4 Å². The lowest BCUT2D eigenvalue weighted by molar-refractivity contribution is -0.146. The van der Waals surface area contributed by atoms with E-state index in [-0.39, 0.29) is 47.9 Å². The van der Waals surface area contributed by atoms with Crippen molar-refractivity contribution < 1.29 is 37.3 Å². The molecule has 2 aromatic carbocycles. The number of nitrogens with zero attached hydrogens (tertiary/aromatic N) is 4. The molecule has 2 aliphatic rings. The number of carbonyl (C=O) groups is 2. The van der Waals surface area contributed by atoms with E-state index in [1.54, 1.807) is 52.2 Å². The van der Waals surface area contributed by atoms with Gasteiger partial charge in [-0.2, -0.15) is 5.10 Å². The molecule has 4 atom stereocenters. The molecule has 1 saturated heterocycles. The van der Waals surface area contributed by atoms with Crippen LogP contribution in [0.15, 0.2) is 30.5 Å². The van der Waals surface area contributed by atoms with Crippen LogP contribution in [-0.4, -0.2) is 79.0 Å². The fraction of sp³-hybridized carbons (Fsp3) is 0.524. The third kappa shape index (κ3) is 6.97. The molecule has 13 heteroatoms. The SMILES string of the molecule is COCOc1cc(-c2ncc3c(C4C5CN(C(=O)OC(C)(C)C)C(C(=O)OC)C54)nn(C)c3c2F)c2c(C#C[Si](C(C)C)(C(C)C)C(C)C)c(F)ccc2c1. The smallest absolute Gasteiger partial charge is 0.411 e. The average molecular weight is 775 g/mol. The van der Waals surface area contributed by atoms with Gasteiger partial charge in [-0.25, -0.2) is 18.4 Å². The number of pyridine rings is 1. The summed E-state index contributed by atoms with van der Waals surface area (Å²) in [5.74, 6) is 1.36. The highest BCUT2D eigenvalue weighted by atomic mass is 28.3. The monoisotopic (exact) mass is 774 g/mol. The zero-order chi connectivity index (χ0) is 40.3. The number of hydrogen-bond acceptors (Lipinski definition) is 8. The molecule has 294 valence electrons. The number of esters is 1. The van der Waals surface area contributed by atoms with Crippen molar-refractivity contribution in [3.8, 4) is 28.5 Å². The Morgan fingerprint density at radius 2 is 1.71 bits per heavy atom. The van der Waals surface area contributed by atoms with Gasteiger partial charge in [-0.3, -0.25) is 14.6 Å². The van der Waals surface area contributed by atoms with E-state index < -0.39 is 43.4 Å². The number of aromatic nitrogens is 3. The van der Waals surface area contributed by atoms with Crippen LogP contribution in [0.2, 0.25) is 16.6 Å². The lowest BCUT2D eigenvalue weighted by atomic mass is 9.95. The Labute approximate surface area is 322 Å². The van der Waals surface area contributed by atoms with Crippen LogP contribution in [0.4, 0.5) is 13.6 Å². The minimum atomic E-state index is -2.28. The average Bonchev–Trinajstić information content (AvgIpc) is 3.46. The van der Waals surface area contributed by atoms with Gasteiger partial charge in [0.25, 0.3) is 0 Å². The van der Waals surface area contributed by atoms with Crippen LogP contribution in [-0.2, 0) is 26.1 Å². The summed E-state index contributed by atoms with van der Waals surface area (Å²) in [7, 11) is 2.17. The molecule has 10 nitrogen and oxygen atoms in total. The normalized spacial score (nSPS) is 19.6. The molecule has 1 aliphatic carbocycles. The van der Waals surface area contributed by atoms with Gasteiger partial charge in [-0.05, 0) is 66.9 Å². The molecule has 1 amide bonds. The maximum absolute atomic E-state index is 17.2. The van der Waals surface area contributed by atoms with Crippen LogP contribution in [0, 0.1) is 34.9 Å². The Morgan fingerprint density at radius 1 is 1.04 bits per heavy atom. The molecule has 4 unspecified atom stereocenters. The number of piperidine rings is 1. The number of fused-ring (bicyclic) bond motifs is 3. The lowest BCUT2D eigenvalue weighted by Gasteiger charge is -2.38. The van der Waals surface area contributed by atoms with E-state index in [4.69, 9.17) is 29.0 Å². The summed E-state index contributed by atoms with van der Waals surface area (Å²) >= 11 is 0. The van der Waals surface area contributed by atoms with E-state index >= 15 is 8.78 Å². The summed E-state index contributed by atoms with van der Waals surface area (Å²) in [5, 5.41) is 6.30. The van der Waals surface area contributed by atoms with Crippen molar-refractivity contribution in [2.75, 3.05) is 27.6 Å². The van der Waals surface area contributed by atoms with Crippen molar-refractivity contribution in [2.24, 2.45) is 18.9 Å². The first kappa shape index (κ1) is 40.1. The number of aryl methyl sites for hydroxylation is 1. The number of halogens is 2. The molecule has 55 heavy (non-hydrogen) atoms. The summed E-state index contributed by atoms with van der Waals surface area (Å²) in [4.78, 5) is 32.3. The predicted molar refractivity (Wildman–Crippen MR) is 210 cm³/mol. The molecule has 3 heterocycles. The maximum atomic E-state index is 17.2. The van der Waals surface area contributed by atoms with Gasteiger partial charge < -0.3 is 18.9 Å². The topological polar surface area (TPSA) is 105 Å². The highest BCUT2D eigenvalue weighted by Crippen LogP contribution is 2.62. The van der Waals surface area contributed by atoms with Gasteiger partial charge in [0.2, 0.25) is 0 Å². The second-order valence-electron chi connectivity index (χ2n) is 16.7. The van der Waals surface area contributed by atoms with Crippen LogP contribution in [0.25, 0.3) is 32.9 Å². The van der Waals surface area contributed by atoms with Crippen LogP contribution in [0.3, 0.4) is 0 Å². The molecular formula is C42H52F2N4O6Si. The third-order valence-corrected chi connectivity index (χ3v) is 17.8. The summed E-state index contributed by atoms with van der Waals surface area (Å²) in [6.07, 6.45) is 0.989. The molecule has 6 rings (SSSR count). The van der Waals surface area contributed by atoms with Crippen molar-refractivity contribution in [1.82, 2.24) is 19.7 Å². The molecule has 4 aromatic rings. The quantitative estimate of drug-likeness (QED) is 0.0720. The largest absolute Gasteiger partial charge is 0.468 e. The number of hydrogen-bond donors (Lipinski definition) is 0. The van der Waals surface area contributed by atoms with E-state index in [0.717, 1.165) is 0 Å². The zero-order valence-electron chi connectivity index (χ0n) is 33.8. The first-order valence-electron chi connectivity index (χ1n) is 18.9. The van der Waals surface area contributed by atoms with Gasteiger partial charge in [0, 0.05) is 55.1 Å². The number of carbonyl (C=O) groups excluding carboxylic acids is 2. The highest BCUT2D eigenvalue weighted by molar-refractivity contribution is 6.90. The van der Waals surface area contributed by atoms with Crippen molar-refractivity contribution in [2.45, 2.75) is 96.5 Å². The van der Waals surface area contributed by atoms with Gasteiger partial charge >= 0.3 is 12.1 Å². The minimum absolute atomic E-state index is 0.0109. The number of rotatable bonds is 9. The standard InChI is InChI=1S/C42H52F2N4O6Si/c1-22(2)55(23(3)4,24(5)6)16-15-27-31(43)14-13-25-17-26(53-21-51-11)18-28(32(25)27)37-35(44)38-29(19-45-37)36(46-47(38)10)33-30-20-48(41(50)54-42(7,8)9)39(34(30)33)40(49)52-12/h13-14,17-19,22-24,30,33-34,39H,20-21H2,1-12H3. The first-order valence-corrected chi connectivity index (χ1v) is 21.1. The van der Waals surface area contributed by atoms with Crippen LogP contribution in [0.1, 0.15) is 79.5 Å². The Balaban J connectivity index is 1.49.